The molecule has 0 amide bonds. The quantitative estimate of drug-likeness (QED) is 0.238. The average Bonchev–Trinajstić information content (AvgIpc) is 3.34. The number of carbonyl (C=O) groups excluding carboxylic acids is 1. The van der Waals surface area contributed by atoms with E-state index in [2.05, 4.69) is 59.8 Å². The van der Waals surface area contributed by atoms with E-state index in [0.29, 0.717) is 22.7 Å². The summed E-state index contributed by atoms with van der Waals surface area (Å²) in [6.07, 6.45) is 12.5. The van der Waals surface area contributed by atoms with Gasteiger partial charge in [-0.1, -0.05) is 37.1 Å². The van der Waals surface area contributed by atoms with Crippen LogP contribution in [0.1, 0.15) is 80.1 Å². The first kappa shape index (κ1) is 24.4. The molecule has 2 aliphatic carbocycles. The van der Waals surface area contributed by atoms with Gasteiger partial charge in [-0.15, -0.1) is 24.0 Å². The Hall–Kier alpha value is -0.630. The van der Waals surface area contributed by atoms with E-state index in [1.54, 1.807) is 0 Å². The van der Waals surface area contributed by atoms with Crippen LogP contribution in [-0.4, -0.2) is 6.29 Å². The topological polar surface area (TPSA) is 40.9 Å². The van der Waals surface area contributed by atoms with Gasteiger partial charge in [-0.25, -0.2) is 0 Å². The summed E-state index contributed by atoms with van der Waals surface area (Å²) in [6.45, 7) is 12.9. The molecule has 2 saturated carbocycles. The Morgan fingerprint density at radius 3 is 1.80 bits per heavy atom. The minimum absolute atomic E-state index is 0. The van der Waals surface area contributed by atoms with E-state index in [1.807, 2.05) is 0 Å². The predicted molar refractivity (Wildman–Crippen MR) is 117 cm³/mol. The normalized spacial score (nSPS) is 31.2. The highest BCUT2D eigenvalue weighted by Gasteiger charge is 2.49. The lowest BCUT2D eigenvalue weighted by atomic mass is 9.99. The number of halogens is 1. The first-order valence-corrected chi connectivity index (χ1v) is 9.28. The summed E-state index contributed by atoms with van der Waals surface area (Å²) < 4.78 is 0. The minimum Gasteiger partial charge on any atom is -0.303 e. The average molecular weight is 457 g/mol. The maximum atomic E-state index is 10.5. The molecule has 0 aromatic rings. The van der Waals surface area contributed by atoms with Gasteiger partial charge in [0.15, 0.2) is 0 Å². The molecule has 2 aliphatic rings. The van der Waals surface area contributed by atoms with E-state index in [0.717, 1.165) is 32.0 Å². The fourth-order valence-corrected chi connectivity index (χ4v) is 3.21. The Labute approximate surface area is 172 Å². The molecule has 2 nitrogen and oxygen atoms in total. The molecule has 4 atom stereocenters. The van der Waals surface area contributed by atoms with Gasteiger partial charge in [0.1, 0.15) is 6.29 Å². The molecular weight excluding hydrogens is 421 g/mol. The largest absolute Gasteiger partial charge is 0.303 e. The molecule has 2 rings (SSSR count). The van der Waals surface area contributed by atoms with Gasteiger partial charge in [-0.05, 0) is 77.0 Å². The SMILES string of the molecule is CC(C)=CCCC1(C)C[C@@H]1C#N.CC(C)=CCCC1(C)C[C@@H]1C=O.I. The molecule has 0 spiro atoms. The summed E-state index contributed by atoms with van der Waals surface area (Å²) in [5, 5.41) is 8.68. The van der Waals surface area contributed by atoms with Crippen LogP contribution in [-0.2, 0) is 4.79 Å². The first-order chi connectivity index (χ1) is 11.2. The fraction of sp³-hybridized carbons (Fsp3) is 0.727. The molecule has 3 heteroatoms. The summed E-state index contributed by atoms with van der Waals surface area (Å²) in [7, 11) is 0. The highest BCUT2D eigenvalue weighted by molar-refractivity contribution is 14.0. The van der Waals surface area contributed by atoms with Gasteiger partial charge in [-0.2, -0.15) is 5.26 Å². The van der Waals surface area contributed by atoms with Crippen molar-refractivity contribution in [1.82, 2.24) is 0 Å². The molecule has 0 aliphatic heterocycles. The zero-order valence-corrected chi connectivity index (χ0v) is 19.2. The van der Waals surface area contributed by atoms with Crippen LogP contribution < -0.4 is 0 Å². The molecule has 25 heavy (non-hydrogen) atoms. The fourth-order valence-electron chi connectivity index (χ4n) is 3.21. The van der Waals surface area contributed by atoms with E-state index in [4.69, 9.17) is 5.26 Å². The smallest absolute Gasteiger partial charge is 0.123 e. The third-order valence-corrected chi connectivity index (χ3v) is 5.63. The lowest BCUT2D eigenvalue weighted by Gasteiger charge is -2.05. The van der Waals surface area contributed by atoms with Crippen molar-refractivity contribution in [2.75, 3.05) is 0 Å². The number of nitrogens with zero attached hydrogens (tertiary/aromatic N) is 1. The Balaban J connectivity index is 0.000000443. The van der Waals surface area contributed by atoms with Gasteiger partial charge in [0.25, 0.3) is 0 Å². The summed E-state index contributed by atoms with van der Waals surface area (Å²) in [5.74, 6) is 0.686. The molecule has 0 aromatic carbocycles. The van der Waals surface area contributed by atoms with Gasteiger partial charge >= 0.3 is 0 Å². The molecule has 0 aromatic heterocycles. The molecule has 0 bridgehead atoms. The Kier molecular flexibility index (Phi) is 10.2. The van der Waals surface area contributed by atoms with Gasteiger partial charge < -0.3 is 4.79 Å². The highest BCUT2D eigenvalue weighted by atomic mass is 127. The van der Waals surface area contributed by atoms with Crippen molar-refractivity contribution in [2.45, 2.75) is 80.1 Å². The zero-order valence-electron chi connectivity index (χ0n) is 16.9. The van der Waals surface area contributed by atoms with Crippen molar-refractivity contribution in [3.63, 3.8) is 0 Å². The molecule has 0 saturated heterocycles. The summed E-state index contributed by atoms with van der Waals surface area (Å²) in [6, 6.07) is 2.35. The number of allylic oxidation sites excluding steroid dienone is 4. The monoisotopic (exact) mass is 457 g/mol. The van der Waals surface area contributed by atoms with Crippen LogP contribution in [0.15, 0.2) is 23.3 Å². The van der Waals surface area contributed by atoms with Gasteiger partial charge in [-0.3, -0.25) is 0 Å². The van der Waals surface area contributed by atoms with Crippen LogP contribution in [0.5, 0.6) is 0 Å². The lowest BCUT2D eigenvalue weighted by Crippen LogP contribution is -1.97. The van der Waals surface area contributed by atoms with Crippen LogP contribution in [0.3, 0.4) is 0 Å². The van der Waals surface area contributed by atoms with Crippen LogP contribution in [0.25, 0.3) is 0 Å². The second-order valence-electron chi connectivity index (χ2n) is 8.78. The molecule has 0 N–H and O–H groups in total. The summed E-state index contributed by atoms with van der Waals surface area (Å²) in [5.41, 5.74) is 3.45. The van der Waals surface area contributed by atoms with Crippen molar-refractivity contribution in [3.05, 3.63) is 23.3 Å². The van der Waals surface area contributed by atoms with Crippen molar-refractivity contribution in [3.8, 4) is 6.07 Å². The van der Waals surface area contributed by atoms with Crippen LogP contribution >= 0.6 is 24.0 Å². The van der Waals surface area contributed by atoms with E-state index >= 15 is 0 Å². The van der Waals surface area contributed by atoms with Gasteiger partial charge in [0, 0.05) is 5.92 Å². The van der Waals surface area contributed by atoms with E-state index in [-0.39, 0.29) is 24.0 Å². The van der Waals surface area contributed by atoms with Crippen LogP contribution in [0, 0.1) is 34.0 Å². The second-order valence-corrected chi connectivity index (χ2v) is 8.78. The van der Waals surface area contributed by atoms with Crippen molar-refractivity contribution < 1.29 is 4.79 Å². The molecule has 2 unspecified atom stereocenters. The van der Waals surface area contributed by atoms with Crippen molar-refractivity contribution in [1.29, 1.82) is 5.26 Å². The number of hydrogen-bond acceptors (Lipinski definition) is 2. The van der Waals surface area contributed by atoms with Crippen molar-refractivity contribution >= 4 is 30.3 Å². The minimum atomic E-state index is 0. The number of carbonyl (C=O) groups is 1. The molecular formula is C22H36INO. The Bertz CT molecular complexity index is 537. The lowest BCUT2D eigenvalue weighted by molar-refractivity contribution is -0.109. The van der Waals surface area contributed by atoms with E-state index in [1.165, 1.54) is 24.0 Å². The molecule has 142 valence electrons. The maximum absolute atomic E-state index is 10.5. The first-order valence-electron chi connectivity index (χ1n) is 9.28. The third-order valence-electron chi connectivity index (χ3n) is 5.63. The van der Waals surface area contributed by atoms with Gasteiger partial charge in [0.05, 0.1) is 12.0 Å². The standard InChI is InChI=1S/C11H17N.C11H18O.HI/c2*1-9(2)5-4-6-11(3)7-10(11)8-12;/h5,10H,4,6-7H2,1-3H3;5,8,10H,4,6-7H2,1-3H3;1H/t2*10-,11?;/m11./s1. The highest BCUT2D eigenvalue weighted by Crippen LogP contribution is 2.55. The van der Waals surface area contributed by atoms with Gasteiger partial charge in [0.2, 0.25) is 0 Å². The number of nitriles is 1. The second kappa shape index (κ2) is 10.5. The number of rotatable bonds is 7. The van der Waals surface area contributed by atoms with Crippen LogP contribution in [0.4, 0.5) is 0 Å². The molecule has 0 heterocycles. The van der Waals surface area contributed by atoms with E-state index in [9.17, 15) is 4.79 Å². The number of hydrogen-bond donors (Lipinski definition) is 0. The third kappa shape index (κ3) is 8.53. The molecule has 2 fully saturated rings. The van der Waals surface area contributed by atoms with Crippen LogP contribution in [0.2, 0.25) is 0 Å². The Morgan fingerprint density at radius 1 is 1.00 bits per heavy atom. The maximum Gasteiger partial charge on any atom is 0.123 e. The summed E-state index contributed by atoms with van der Waals surface area (Å²) in [4.78, 5) is 10.5. The summed E-state index contributed by atoms with van der Waals surface area (Å²) >= 11 is 0. The zero-order chi connectivity index (χ0) is 18.4. The predicted octanol–water partition coefficient (Wildman–Crippen LogP) is 6.86. The molecule has 0 radical (unpaired) electrons. The Morgan fingerprint density at radius 2 is 1.48 bits per heavy atom. The van der Waals surface area contributed by atoms with Crippen molar-refractivity contribution in [2.24, 2.45) is 22.7 Å². The number of aldehydes is 1. The van der Waals surface area contributed by atoms with E-state index < -0.39 is 0 Å².